The number of halogens is 1. The number of hydrazone groups is 1. The summed E-state index contributed by atoms with van der Waals surface area (Å²) in [4.78, 5) is 31.4. The number of phenols is 1. The Hall–Kier alpha value is -3.66. The molecule has 0 bridgehead atoms. The van der Waals surface area contributed by atoms with Crippen LogP contribution >= 0.6 is 15.9 Å². The van der Waals surface area contributed by atoms with Crippen LogP contribution in [0.1, 0.15) is 18.1 Å². The van der Waals surface area contributed by atoms with Crippen LogP contribution < -0.4 is 16.7 Å². The van der Waals surface area contributed by atoms with E-state index in [4.69, 9.17) is 0 Å². The molecule has 4 aromatic rings. The molecule has 0 aliphatic rings. The average Bonchev–Trinajstić information content (AvgIpc) is 3.10. The van der Waals surface area contributed by atoms with E-state index in [-0.39, 0.29) is 16.9 Å². The Bertz CT molecular complexity index is 1420. The Morgan fingerprint density at radius 2 is 1.97 bits per heavy atom. The highest BCUT2D eigenvalue weighted by Crippen LogP contribution is 2.20. The quantitative estimate of drug-likeness (QED) is 0.298. The fraction of sp³-hybridized carbons (Fsp3) is 0.143. The van der Waals surface area contributed by atoms with Gasteiger partial charge in [-0.3, -0.25) is 18.9 Å². The number of imidazole rings is 1. The molecule has 0 aliphatic heterocycles. The summed E-state index contributed by atoms with van der Waals surface area (Å²) < 4.78 is 3.88. The summed E-state index contributed by atoms with van der Waals surface area (Å²) in [6.45, 7) is 2.15. The van der Waals surface area contributed by atoms with Crippen LogP contribution in [0.5, 0.6) is 5.75 Å². The maximum absolute atomic E-state index is 12.6. The highest BCUT2D eigenvalue weighted by Gasteiger charge is 2.17. The highest BCUT2D eigenvalue weighted by molar-refractivity contribution is 9.10. The Balaban J connectivity index is 1.81. The fourth-order valence-corrected chi connectivity index (χ4v) is 3.64. The van der Waals surface area contributed by atoms with Crippen LogP contribution in [0.2, 0.25) is 0 Å². The molecule has 4 rings (SSSR count). The monoisotopic (exact) mass is 482 g/mol. The molecule has 0 unspecified atom stereocenters. The van der Waals surface area contributed by atoms with Crippen LogP contribution in [0.15, 0.2) is 67.7 Å². The first-order valence-corrected chi connectivity index (χ1v) is 10.2. The van der Waals surface area contributed by atoms with Gasteiger partial charge >= 0.3 is 5.69 Å². The Morgan fingerprint density at radius 1 is 1.23 bits per heavy atom. The normalized spacial score (nSPS) is 11.8. The van der Waals surface area contributed by atoms with Crippen LogP contribution in [-0.4, -0.2) is 29.9 Å². The zero-order chi connectivity index (χ0) is 22.1. The molecule has 0 saturated carbocycles. The minimum absolute atomic E-state index is 0.167. The molecule has 10 heteroatoms. The number of nitrogens with zero attached hydrogens (tertiary/aromatic N) is 4. The van der Waals surface area contributed by atoms with Crippen LogP contribution in [0.4, 0.5) is 5.95 Å². The minimum atomic E-state index is -0.542. The number of nitrogens with one attached hydrogen (secondary N) is 2. The van der Waals surface area contributed by atoms with Gasteiger partial charge in [0, 0.05) is 11.5 Å². The molecule has 0 radical (unpaired) electrons. The van der Waals surface area contributed by atoms with Crippen molar-refractivity contribution < 1.29 is 5.11 Å². The van der Waals surface area contributed by atoms with E-state index >= 15 is 0 Å². The van der Waals surface area contributed by atoms with Crippen molar-refractivity contribution >= 4 is 38.8 Å². The van der Waals surface area contributed by atoms with Crippen LogP contribution in [0.3, 0.4) is 0 Å². The number of aromatic hydroxyl groups is 1. The van der Waals surface area contributed by atoms with E-state index in [1.165, 1.54) is 4.57 Å². The molecule has 0 atom stereocenters. The molecule has 0 saturated heterocycles. The number of aryl methyl sites for hydroxylation is 1. The molecule has 31 heavy (non-hydrogen) atoms. The van der Waals surface area contributed by atoms with Gasteiger partial charge in [-0.1, -0.05) is 28.1 Å². The summed E-state index contributed by atoms with van der Waals surface area (Å²) in [7, 11) is 1.55. The molecule has 9 nitrogen and oxygen atoms in total. The van der Waals surface area contributed by atoms with Gasteiger partial charge in [0.25, 0.3) is 5.56 Å². The fourth-order valence-electron chi connectivity index (χ4n) is 3.19. The summed E-state index contributed by atoms with van der Waals surface area (Å²) in [5.41, 5.74) is 4.78. The van der Waals surface area contributed by atoms with Gasteiger partial charge in [0.2, 0.25) is 5.95 Å². The minimum Gasteiger partial charge on any atom is -0.508 e. The van der Waals surface area contributed by atoms with E-state index in [0.29, 0.717) is 18.2 Å². The van der Waals surface area contributed by atoms with E-state index in [2.05, 4.69) is 36.4 Å². The molecule has 0 aliphatic carbocycles. The van der Waals surface area contributed by atoms with E-state index in [1.54, 1.807) is 35.9 Å². The predicted molar refractivity (Wildman–Crippen MR) is 123 cm³/mol. The number of rotatable bonds is 5. The second-order valence-electron chi connectivity index (χ2n) is 7.00. The smallest absolute Gasteiger partial charge is 0.329 e. The van der Waals surface area contributed by atoms with Crippen molar-refractivity contribution in [3.8, 4) is 5.75 Å². The molecule has 3 N–H and O–H groups in total. The number of H-pyrrole nitrogens is 1. The molecule has 2 aromatic carbocycles. The van der Waals surface area contributed by atoms with Crippen molar-refractivity contribution in [2.75, 3.05) is 5.43 Å². The van der Waals surface area contributed by atoms with Gasteiger partial charge in [-0.15, -0.1) is 0 Å². The van der Waals surface area contributed by atoms with Gasteiger partial charge in [0.05, 0.1) is 12.3 Å². The molecule has 2 aromatic heterocycles. The lowest BCUT2D eigenvalue weighted by Gasteiger charge is -2.09. The van der Waals surface area contributed by atoms with E-state index in [9.17, 15) is 14.7 Å². The van der Waals surface area contributed by atoms with Crippen molar-refractivity contribution in [2.24, 2.45) is 12.1 Å². The van der Waals surface area contributed by atoms with Crippen molar-refractivity contribution in [3.05, 3.63) is 85.0 Å². The summed E-state index contributed by atoms with van der Waals surface area (Å²) in [5, 5.41) is 13.8. The standard InChI is InChI=1S/C21H19BrN6O3/c1-12(14-6-8-16(29)9-7-14)25-26-20-23-18-17(19(30)24-21(31)27(18)2)28(20)11-13-4-3-5-15(22)10-13/h3-10,29H,11H2,1-2H3,(H,23,26)(H,24,30,31). The van der Waals surface area contributed by atoms with Gasteiger partial charge in [0.15, 0.2) is 11.2 Å². The number of aromatic nitrogens is 4. The van der Waals surface area contributed by atoms with Crippen molar-refractivity contribution in [1.29, 1.82) is 0 Å². The maximum Gasteiger partial charge on any atom is 0.329 e. The maximum atomic E-state index is 12.6. The largest absolute Gasteiger partial charge is 0.508 e. The predicted octanol–water partition coefficient (Wildman–Crippen LogP) is 2.78. The lowest BCUT2D eigenvalue weighted by Crippen LogP contribution is -2.29. The first-order valence-electron chi connectivity index (χ1n) is 9.37. The first kappa shape index (κ1) is 20.6. The van der Waals surface area contributed by atoms with Gasteiger partial charge < -0.3 is 5.11 Å². The number of aromatic amines is 1. The number of hydrogen-bond donors (Lipinski definition) is 3. The van der Waals surface area contributed by atoms with Crippen LogP contribution in [0.25, 0.3) is 11.2 Å². The van der Waals surface area contributed by atoms with E-state index in [0.717, 1.165) is 15.6 Å². The molecule has 0 fully saturated rings. The molecule has 0 amide bonds. The third kappa shape index (κ3) is 4.15. The average molecular weight is 483 g/mol. The summed E-state index contributed by atoms with van der Waals surface area (Å²) >= 11 is 3.46. The number of fused-ring (bicyclic) bond motifs is 1. The molecule has 2 heterocycles. The highest BCUT2D eigenvalue weighted by atomic mass is 79.9. The molecular formula is C21H19BrN6O3. The zero-order valence-electron chi connectivity index (χ0n) is 16.8. The van der Waals surface area contributed by atoms with E-state index < -0.39 is 11.2 Å². The van der Waals surface area contributed by atoms with Crippen LogP contribution in [0, 0.1) is 0 Å². The van der Waals surface area contributed by atoms with E-state index in [1.807, 2.05) is 31.2 Å². The SMILES string of the molecule is CC(=NNc1nc2c(c(=O)[nH]c(=O)n2C)n1Cc1cccc(Br)c1)c1ccc(O)cc1. The lowest BCUT2D eigenvalue weighted by atomic mass is 10.1. The molecule has 0 spiro atoms. The molecule has 158 valence electrons. The van der Waals surface area contributed by atoms with Gasteiger partial charge in [-0.25, -0.2) is 10.2 Å². The third-order valence-corrected chi connectivity index (χ3v) is 5.34. The van der Waals surface area contributed by atoms with Gasteiger partial charge in [-0.05, 0) is 54.4 Å². The Labute approximate surface area is 184 Å². The topological polar surface area (TPSA) is 117 Å². The zero-order valence-corrected chi connectivity index (χ0v) is 18.3. The Kier molecular flexibility index (Phi) is 5.47. The first-order chi connectivity index (χ1) is 14.8. The van der Waals surface area contributed by atoms with Crippen molar-refractivity contribution in [1.82, 2.24) is 19.1 Å². The van der Waals surface area contributed by atoms with Crippen molar-refractivity contribution in [2.45, 2.75) is 13.5 Å². The second-order valence-corrected chi connectivity index (χ2v) is 7.91. The summed E-state index contributed by atoms with van der Waals surface area (Å²) in [6.07, 6.45) is 0. The number of benzene rings is 2. The number of phenolic OH excluding ortho intramolecular Hbond substituents is 1. The number of hydrogen-bond acceptors (Lipinski definition) is 6. The lowest BCUT2D eigenvalue weighted by molar-refractivity contribution is 0.475. The summed E-state index contributed by atoms with van der Waals surface area (Å²) in [6, 6.07) is 14.3. The van der Waals surface area contributed by atoms with Crippen LogP contribution in [-0.2, 0) is 13.6 Å². The Morgan fingerprint density at radius 3 is 2.68 bits per heavy atom. The van der Waals surface area contributed by atoms with Gasteiger partial charge in [-0.2, -0.15) is 10.1 Å². The third-order valence-electron chi connectivity index (χ3n) is 4.85. The van der Waals surface area contributed by atoms with Crippen molar-refractivity contribution in [3.63, 3.8) is 0 Å². The second kappa shape index (κ2) is 8.23. The molecular weight excluding hydrogens is 464 g/mol. The summed E-state index contributed by atoms with van der Waals surface area (Å²) in [5.74, 6) is 0.486. The van der Waals surface area contributed by atoms with Gasteiger partial charge in [0.1, 0.15) is 5.75 Å². The number of anilines is 1.